The minimum absolute atomic E-state index is 0.176. The van der Waals surface area contributed by atoms with E-state index in [4.69, 9.17) is 0 Å². The van der Waals surface area contributed by atoms with Crippen molar-refractivity contribution >= 4 is 5.78 Å². The highest BCUT2D eigenvalue weighted by Crippen LogP contribution is 2.29. The van der Waals surface area contributed by atoms with Crippen molar-refractivity contribution in [3.8, 4) is 5.69 Å². The monoisotopic (exact) mass is 257 g/mol. The van der Waals surface area contributed by atoms with E-state index in [1.165, 1.54) is 6.07 Å². The van der Waals surface area contributed by atoms with Crippen LogP contribution in [0.2, 0.25) is 0 Å². The zero-order valence-electron chi connectivity index (χ0n) is 11.2. The molecule has 0 atom stereocenters. The van der Waals surface area contributed by atoms with E-state index >= 15 is 0 Å². The van der Waals surface area contributed by atoms with Gasteiger partial charge in [-0.05, 0) is 50.5 Å². The standard InChI is InChI=1S/C16H16FNO/c1-10-6-7-15(13(17)8-10)18-11(2)9-12-14(18)4-3-5-16(12)19/h6-9H,3-5H2,1-2H3. The number of Topliss-reactive ketones (excluding diaryl/α,β-unsaturated/α-hetero) is 1. The Hall–Kier alpha value is -1.90. The van der Waals surface area contributed by atoms with Gasteiger partial charge in [0.15, 0.2) is 5.78 Å². The van der Waals surface area contributed by atoms with Crippen LogP contribution in [0.3, 0.4) is 0 Å². The predicted octanol–water partition coefficient (Wildman–Crippen LogP) is 3.75. The van der Waals surface area contributed by atoms with Crippen LogP contribution in [0.1, 0.15) is 40.2 Å². The van der Waals surface area contributed by atoms with Crippen LogP contribution in [0.15, 0.2) is 24.3 Å². The fourth-order valence-electron chi connectivity index (χ4n) is 2.86. The second-order valence-electron chi connectivity index (χ2n) is 5.21. The molecule has 0 saturated carbocycles. The molecule has 3 rings (SSSR count). The Labute approximate surface area is 111 Å². The van der Waals surface area contributed by atoms with E-state index in [2.05, 4.69) is 0 Å². The number of fused-ring (bicyclic) bond motifs is 1. The summed E-state index contributed by atoms with van der Waals surface area (Å²) in [5.41, 5.74) is 4.08. The van der Waals surface area contributed by atoms with Crippen molar-refractivity contribution in [2.24, 2.45) is 0 Å². The second-order valence-corrected chi connectivity index (χ2v) is 5.21. The van der Waals surface area contributed by atoms with Gasteiger partial charge in [-0.3, -0.25) is 4.79 Å². The largest absolute Gasteiger partial charge is 0.315 e. The molecule has 1 aromatic carbocycles. The number of carbonyl (C=O) groups excluding carboxylic acids is 1. The summed E-state index contributed by atoms with van der Waals surface area (Å²) in [6.45, 7) is 3.79. The van der Waals surface area contributed by atoms with Crippen molar-refractivity contribution in [2.75, 3.05) is 0 Å². The van der Waals surface area contributed by atoms with E-state index in [9.17, 15) is 9.18 Å². The smallest absolute Gasteiger partial charge is 0.164 e. The number of rotatable bonds is 1. The Morgan fingerprint density at radius 3 is 2.68 bits per heavy atom. The number of hydrogen-bond donors (Lipinski definition) is 0. The maximum absolute atomic E-state index is 14.2. The molecule has 0 N–H and O–H groups in total. The maximum atomic E-state index is 14.2. The van der Waals surface area contributed by atoms with Gasteiger partial charge >= 0.3 is 0 Å². The summed E-state index contributed by atoms with van der Waals surface area (Å²) >= 11 is 0. The molecule has 0 radical (unpaired) electrons. The summed E-state index contributed by atoms with van der Waals surface area (Å²) < 4.78 is 16.0. The Morgan fingerprint density at radius 1 is 1.16 bits per heavy atom. The number of hydrogen-bond acceptors (Lipinski definition) is 1. The van der Waals surface area contributed by atoms with E-state index in [1.807, 2.05) is 30.5 Å². The van der Waals surface area contributed by atoms with Crippen molar-refractivity contribution in [1.29, 1.82) is 0 Å². The fraction of sp³-hybridized carbons (Fsp3) is 0.312. The highest BCUT2D eigenvalue weighted by Gasteiger charge is 2.24. The minimum Gasteiger partial charge on any atom is -0.315 e. The highest BCUT2D eigenvalue weighted by atomic mass is 19.1. The van der Waals surface area contributed by atoms with Crippen LogP contribution < -0.4 is 0 Å². The van der Waals surface area contributed by atoms with Gasteiger partial charge in [-0.15, -0.1) is 0 Å². The summed E-state index contributed by atoms with van der Waals surface area (Å²) in [5.74, 6) is -0.0601. The summed E-state index contributed by atoms with van der Waals surface area (Å²) in [5, 5.41) is 0. The van der Waals surface area contributed by atoms with Crippen molar-refractivity contribution in [3.05, 3.63) is 52.6 Å². The molecular weight excluding hydrogens is 241 g/mol. The van der Waals surface area contributed by atoms with Gasteiger partial charge in [0.2, 0.25) is 0 Å². The number of nitrogens with zero attached hydrogens (tertiary/aromatic N) is 1. The molecule has 0 amide bonds. The molecule has 1 heterocycles. The first-order chi connectivity index (χ1) is 9.08. The van der Waals surface area contributed by atoms with Crippen molar-refractivity contribution in [3.63, 3.8) is 0 Å². The van der Waals surface area contributed by atoms with Gasteiger partial charge in [0.25, 0.3) is 0 Å². The zero-order chi connectivity index (χ0) is 13.6. The molecule has 3 heteroatoms. The normalized spacial score (nSPS) is 14.6. The lowest BCUT2D eigenvalue weighted by atomic mass is 9.96. The van der Waals surface area contributed by atoms with Gasteiger partial charge in [-0.2, -0.15) is 0 Å². The lowest BCUT2D eigenvalue weighted by Gasteiger charge is -2.16. The highest BCUT2D eigenvalue weighted by molar-refractivity contribution is 5.98. The van der Waals surface area contributed by atoms with E-state index in [1.54, 1.807) is 6.07 Å². The first-order valence-electron chi connectivity index (χ1n) is 6.59. The quantitative estimate of drug-likeness (QED) is 0.762. The predicted molar refractivity (Wildman–Crippen MR) is 72.5 cm³/mol. The number of ketones is 1. The molecule has 0 saturated heterocycles. The molecule has 0 fully saturated rings. The Bertz CT molecular complexity index is 670. The SMILES string of the molecule is Cc1ccc(-n2c(C)cc3c2CCCC3=O)c(F)c1. The van der Waals surface area contributed by atoms with Crippen molar-refractivity contribution in [2.45, 2.75) is 33.1 Å². The van der Waals surface area contributed by atoms with Gasteiger partial charge in [0.05, 0.1) is 5.69 Å². The molecule has 19 heavy (non-hydrogen) atoms. The molecule has 1 aliphatic rings. The molecule has 2 aromatic rings. The van der Waals surface area contributed by atoms with Crippen LogP contribution in [0, 0.1) is 19.7 Å². The number of benzene rings is 1. The number of carbonyl (C=O) groups is 1. The molecule has 0 bridgehead atoms. The van der Waals surface area contributed by atoms with Gasteiger partial charge in [0.1, 0.15) is 5.82 Å². The zero-order valence-corrected chi connectivity index (χ0v) is 11.2. The lowest BCUT2D eigenvalue weighted by molar-refractivity contribution is 0.0972. The average molecular weight is 257 g/mol. The summed E-state index contributed by atoms with van der Waals surface area (Å²) in [6.07, 6.45) is 2.29. The van der Waals surface area contributed by atoms with Crippen molar-refractivity contribution in [1.82, 2.24) is 4.57 Å². The fourth-order valence-corrected chi connectivity index (χ4v) is 2.86. The molecule has 0 aliphatic heterocycles. The van der Waals surface area contributed by atoms with Gasteiger partial charge < -0.3 is 4.57 Å². The molecule has 0 spiro atoms. The van der Waals surface area contributed by atoms with Gasteiger partial charge in [-0.1, -0.05) is 6.07 Å². The molecule has 1 aliphatic carbocycles. The first-order valence-corrected chi connectivity index (χ1v) is 6.59. The van der Waals surface area contributed by atoms with Crippen LogP contribution in [-0.4, -0.2) is 10.4 Å². The van der Waals surface area contributed by atoms with E-state index in [0.717, 1.165) is 35.4 Å². The molecule has 98 valence electrons. The third kappa shape index (κ3) is 1.89. The van der Waals surface area contributed by atoms with Crippen LogP contribution in [0.4, 0.5) is 4.39 Å². The number of halogens is 1. The van der Waals surface area contributed by atoms with E-state index < -0.39 is 0 Å². The van der Waals surface area contributed by atoms with Crippen LogP contribution in [0.5, 0.6) is 0 Å². The van der Waals surface area contributed by atoms with Crippen molar-refractivity contribution < 1.29 is 9.18 Å². The Morgan fingerprint density at radius 2 is 1.95 bits per heavy atom. The molecular formula is C16H16FNO. The van der Waals surface area contributed by atoms with Crippen LogP contribution in [0.25, 0.3) is 5.69 Å². The topological polar surface area (TPSA) is 22.0 Å². The summed E-state index contributed by atoms with van der Waals surface area (Å²) in [4.78, 5) is 11.9. The molecule has 1 aromatic heterocycles. The van der Waals surface area contributed by atoms with E-state index in [-0.39, 0.29) is 11.6 Å². The minimum atomic E-state index is -0.237. The first kappa shape index (κ1) is 12.2. The van der Waals surface area contributed by atoms with Gasteiger partial charge in [-0.25, -0.2) is 4.39 Å². The third-order valence-corrected chi connectivity index (χ3v) is 3.75. The summed E-state index contributed by atoms with van der Waals surface area (Å²) in [7, 11) is 0. The second kappa shape index (κ2) is 4.34. The average Bonchev–Trinajstić information content (AvgIpc) is 2.68. The van der Waals surface area contributed by atoms with E-state index in [0.29, 0.717) is 12.1 Å². The van der Waals surface area contributed by atoms with Gasteiger partial charge in [0, 0.05) is 23.4 Å². The van der Waals surface area contributed by atoms with Crippen LogP contribution in [-0.2, 0) is 6.42 Å². The Balaban J connectivity index is 2.23. The maximum Gasteiger partial charge on any atom is 0.164 e. The third-order valence-electron chi connectivity index (χ3n) is 3.75. The summed E-state index contributed by atoms with van der Waals surface area (Å²) in [6, 6.07) is 7.11. The molecule has 2 nitrogen and oxygen atoms in total. The lowest BCUT2D eigenvalue weighted by Crippen LogP contribution is -2.13. The van der Waals surface area contributed by atoms with Crippen LogP contribution >= 0.6 is 0 Å². The molecule has 0 unspecified atom stereocenters. The Kier molecular flexibility index (Phi) is 2.77. The number of aryl methyl sites for hydroxylation is 2. The number of aromatic nitrogens is 1.